The van der Waals surface area contributed by atoms with Crippen molar-refractivity contribution < 1.29 is 13.5 Å². The van der Waals surface area contributed by atoms with Gasteiger partial charge >= 0.3 is 0 Å². The predicted octanol–water partition coefficient (Wildman–Crippen LogP) is 4.24. The molecule has 0 bridgehead atoms. The van der Waals surface area contributed by atoms with Gasteiger partial charge in [-0.15, -0.1) is 0 Å². The second kappa shape index (κ2) is 7.26. The Kier molecular flexibility index (Phi) is 4.68. The molecular weight excluding hydrogens is 392 g/mol. The summed E-state index contributed by atoms with van der Waals surface area (Å²) >= 11 is 0. The Balaban J connectivity index is 1.52. The zero-order chi connectivity index (χ0) is 20.9. The molecule has 0 aromatic carbocycles. The van der Waals surface area contributed by atoms with E-state index in [1.165, 1.54) is 0 Å². The third-order valence-corrected chi connectivity index (χ3v) is 6.21. The van der Waals surface area contributed by atoms with Crippen LogP contribution < -0.4 is 5.32 Å². The van der Waals surface area contributed by atoms with E-state index in [2.05, 4.69) is 20.6 Å². The van der Waals surface area contributed by atoms with Gasteiger partial charge in [0.25, 0.3) is 5.92 Å². The summed E-state index contributed by atoms with van der Waals surface area (Å²) in [7, 11) is 1.74. The number of aromatic amines is 1. The highest BCUT2D eigenvalue weighted by Gasteiger charge is 2.47. The maximum absolute atomic E-state index is 13.5. The summed E-state index contributed by atoms with van der Waals surface area (Å²) in [6.45, 7) is 1.92. The van der Waals surface area contributed by atoms with Crippen LogP contribution in [0.3, 0.4) is 0 Å². The van der Waals surface area contributed by atoms with Crippen molar-refractivity contribution in [2.45, 2.75) is 69.4 Å². The van der Waals surface area contributed by atoms with E-state index in [9.17, 15) is 8.78 Å². The third kappa shape index (κ3) is 3.53. The van der Waals surface area contributed by atoms with Gasteiger partial charge < -0.3 is 10.1 Å². The van der Waals surface area contributed by atoms with Gasteiger partial charge in [-0.1, -0.05) is 0 Å². The minimum atomic E-state index is -2.62. The third-order valence-electron chi connectivity index (χ3n) is 6.21. The van der Waals surface area contributed by atoms with Crippen molar-refractivity contribution in [1.82, 2.24) is 29.9 Å². The van der Waals surface area contributed by atoms with Crippen molar-refractivity contribution in [2.24, 2.45) is 0 Å². The van der Waals surface area contributed by atoms with E-state index in [1.807, 2.05) is 13.0 Å². The molecule has 5 rings (SSSR count). The molecule has 2 saturated carbocycles. The second-order valence-corrected chi connectivity index (χ2v) is 8.45. The highest BCUT2D eigenvalue weighted by atomic mass is 19.3. The quantitative estimate of drug-likeness (QED) is 0.645. The van der Waals surface area contributed by atoms with Crippen LogP contribution in [-0.2, 0) is 4.74 Å². The Hall–Kier alpha value is -2.62. The number of aromatic nitrogens is 6. The van der Waals surface area contributed by atoms with Gasteiger partial charge in [0.15, 0.2) is 11.5 Å². The lowest BCUT2D eigenvalue weighted by Crippen LogP contribution is -2.37. The van der Waals surface area contributed by atoms with Crippen LogP contribution in [0.4, 0.5) is 20.4 Å². The zero-order valence-corrected chi connectivity index (χ0v) is 17.0. The fourth-order valence-electron chi connectivity index (χ4n) is 4.45. The van der Waals surface area contributed by atoms with E-state index < -0.39 is 5.92 Å². The first-order valence-corrected chi connectivity index (χ1v) is 10.4. The number of fused-ring (bicyclic) bond motifs is 1. The maximum atomic E-state index is 13.5. The van der Waals surface area contributed by atoms with Crippen LogP contribution in [0.1, 0.15) is 62.0 Å². The van der Waals surface area contributed by atoms with Gasteiger partial charge in [-0.25, -0.2) is 23.4 Å². The molecule has 0 amide bonds. The van der Waals surface area contributed by atoms with Gasteiger partial charge in [-0.2, -0.15) is 10.2 Å². The molecule has 3 aromatic rings. The molecule has 0 radical (unpaired) electrons. The summed E-state index contributed by atoms with van der Waals surface area (Å²) in [6.07, 6.45) is 5.29. The summed E-state index contributed by atoms with van der Waals surface area (Å²) in [4.78, 5) is 9.61. The molecule has 2 fully saturated rings. The van der Waals surface area contributed by atoms with Crippen LogP contribution in [-0.4, -0.2) is 49.1 Å². The molecule has 2 N–H and O–H groups in total. The molecule has 3 heterocycles. The number of methoxy groups -OCH3 is 1. The van der Waals surface area contributed by atoms with Crippen molar-refractivity contribution >= 4 is 22.7 Å². The standard InChI is InChI=1S/C20H25F2N7O/c1-11-7-16(28-27-11)24-18-15-10-23-29(13-8-20(21,22)9-13)19(15)26-17(25-18)12-3-5-14(30-2)6-4-12/h7,10,12-14H,3-6,8-9H2,1-2H3,(H2,24,25,26,27,28). The molecule has 0 aliphatic heterocycles. The highest BCUT2D eigenvalue weighted by Crippen LogP contribution is 2.46. The van der Waals surface area contributed by atoms with E-state index >= 15 is 0 Å². The van der Waals surface area contributed by atoms with Gasteiger partial charge in [0.1, 0.15) is 11.6 Å². The Labute approximate surface area is 172 Å². The Morgan fingerprint density at radius 2 is 1.97 bits per heavy atom. The van der Waals surface area contributed by atoms with Crippen LogP contribution in [0.15, 0.2) is 12.3 Å². The van der Waals surface area contributed by atoms with Gasteiger partial charge in [0.05, 0.1) is 23.7 Å². The minimum absolute atomic E-state index is 0.202. The largest absolute Gasteiger partial charge is 0.381 e. The molecular formula is C20H25F2N7O. The average Bonchev–Trinajstić information content (AvgIpc) is 3.32. The summed E-state index contributed by atoms with van der Waals surface area (Å²) in [5, 5.41) is 15.5. The van der Waals surface area contributed by atoms with E-state index in [0.717, 1.165) is 37.2 Å². The van der Waals surface area contributed by atoms with Gasteiger partial charge in [0, 0.05) is 37.6 Å². The van der Waals surface area contributed by atoms with E-state index in [-0.39, 0.29) is 30.9 Å². The van der Waals surface area contributed by atoms with Crippen LogP contribution >= 0.6 is 0 Å². The molecule has 30 heavy (non-hydrogen) atoms. The number of rotatable bonds is 5. The lowest BCUT2D eigenvalue weighted by atomic mass is 9.86. The lowest BCUT2D eigenvalue weighted by molar-refractivity contribution is -0.106. The zero-order valence-electron chi connectivity index (χ0n) is 17.0. The smallest absolute Gasteiger partial charge is 0.252 e. The van der Waals surface area contributed by atoms with E-state index in [4.69, 9.17) is 14.7 Å². The molecule has 10 heteroatoms. The van der Waals surface area contributed by atoms with Crippen molar-refractivity contribution in [3.8, 4) is 0 Å². The van der Waals surface area contributed by atoms with Crippen LogP contribution in [0, 0.1) is 6.92 Å². The molecule has 2 aliphatic rings. The molecule has 0 saturated heterocycles. The van der Waals surface area contributed by atoms with E-state index in [0.29, 0.717) is 22.7 Å². The van der Waals surface area contributed by atoms with E-state index in [1.54, 1.807) is 18.0 Å². The lowest BCUT2D eigenvalue weighted by Gasteiger charge is -2.35. The molecule has 0 unspecified atom stereocenters. The van der Waals surface area contributed by atoms with Crippen LogP contribution in [0.5, 0.6) is 0 Å². The number of hydrogen-bond acceptors (Lipinski definition) is 6. The predicted molar refractivity (Wildman–Crippen MR) is 107 cm³/mol. The minimum Gasteiger partial charge on any atom is -0.381 e. The fraction of sp³-hybridized carbons (Fsp3) is 0.600. The van der Waals surface area contributed by atoms with Crippen molar-refractivity contribution in [2.75, 3.05) is 12.4 Å². The average molecular weight is 417 g/mol. The summed E-state index contributed by atoms with van der Waals surface area (Å²) in [6, 6.07) is 1.54. The Bertz CT molecular complexity index is 1050. The first-order valence-electron chi connectivity index (χ1n) is 10.4. The molecule has 3 aromatic heterocycles. The van der Waals surface area contributed by atoms with Crippen molar-refractivity contribution in [1.29, 1.82) is 0 Å². The van der Waals surface area contributed by atoms with Crippen LogP contribution in [0.25, 0.3) is 11.0 Å². The topological polar surface area (TPSA) is 93.5 Å². The summed E-state index contributed by atoms with van der Waals surface area (Å²) in [5.41, 5.74) is 1.53. The molecule has 0 spiro atoms. The molecule has 2 aliphatic carbocycles. The van der Waals surface area contributed by atoms with Gasteiger partial charge in [-0.3, -0.25) is 5.10 Å². The van der Waals surface area contributed by atoms with Crippen LogP contribution in [0.2, 0.25) is 0 Å². The second-order valence-electron chi connectivity index (χ2n) is 8.45. The van der Waals surface area contributed by atoms with Gasteiger partial charge in [-0.05, 0) is 32.6 Å². The summed E-state index contributed by atoms with van der Waals surface area (Å²) in [5.74, 6) is -0.449. The SMILES string of the molecule is COC1CCC(c2nc(Nc3cc(C)[nH]n3)c3cnn(C4CC(F)(F)C4)c3n2)CC1. The number of nitrogens with one attached hydrogen (secondary N) is 2. The molecule has 160 valence electrons. The van der Waals surface area contributed by atoms with Crippen molar-refractivity contribution in [3.05, 3.63) is 23.8 Å². The fourth-order valence-corrected chi connectivity index (χ4v) is 4.45. The molecule has 8 nitrogen and oxygen atoms in total. The number of anilines is 2. The number of alkyl halides is 2. The number of hydrogen-bond donors (Lipinski definition) is 2. The Morgan fingerprint density at radius 3 is 2.60 bits per heavy atom. The monoisotopic (exact) mass is 417 g/mol. The number of aryl methyl sites for hydroxylation is 1. The number of H-pyrrole nitrogens is 1. The normalized spacial score (nSPS) is 24.1. The number of halogens is 2. The Morgan fingerprint density at radius 1 is 1.20 bits per heavy atom. The molecule has 0 atom stereocenters. The number of ether oxygens (including phenoxy) is 1. The number of nitrogens with zero attached hydrogens (tertiary/aromatic N) is 5. The van der Waals surface area contributed by atoms with Gasteiger partial charge in [0.2, 0.25) is 0 Å². The van der Waals surface area contributed by atoms with Crippen molar-refractivity contribution in [3.63, 3.8) is 0 Å². The summed E-state index contributed by atoms with van der Waals surface area (Å²) < 4.78 is 34.1. The first kappa shape index (κ1) is 19.3. The first-order chi connectivity index (χ1) is 14.4. The maximum Gasteiger partial charge on any atom is 0.252 e. The highest BCUT2D eigenvalue weighted by molar-refractivity contribution is 5.88.